The average Bonchev–Trinajstić information content (AvgIpc) is 2.22. The van der Waals surface area contributed by atoms with Crippen molar-refractivity contribution < 1.29 is 46.3 Å². The van der Waals surface area contributed by atoms with E-state index in [-0.39, 0.29) is 6.04 Å². The Balaban J connectivity index is -0.000000166. The molecular weight excluding hydrogens is 627 g/mol. The van der Waals surface area contributed by atoms with Gasteiger partial charge >= 0.3 is 84.3 Å². The zero-order valence-electron chi connectivity index (χ0n) is 9.16. The maximum absolute atomic E-state index is 10.1. The SMILES string of the molecule is CCCC(N)CN.CS(=O)[CH2][Hg][Cl].[Cl][Pt]. The third-order valence-corrected chi connectivity index (χ3v) is 14.6. The molecule has 0 aliphatic carbocycles. The van der Waals surface area contributed by atoms with Crippen LogP contribution in [0.15, 0.2) is 0 Å². The number of nitrogens with two attached hydrogens (primary N) is 2. The second kappa shape index (κ2) is 21.5. The van der Waals surface area contributed by atoms with Gasteiger partial charge in [-0.15, -0.1) is 0 Å². The monoisotopic (exact) mass is 646 g/mol. The molecule has 2 atom stereocenters. The third-order valence-electron chi connectivity index (χ3n) is 1.33. The van der Waals surface area contributed by atoms with Crippen molar-refractivity contribution in [1.29, 1.82) is 0 Å². The summed E-state index contributed by atoms with van der Waals surface area (Å²) in [5.41, 5.74) is 10.7. The first-order chi connectivity index (χ1) is 7.08. The van der Waals surface area contributed by atoms with E-state index in [1.807, 2.05) is 0 Å². The Labute approximate surface area is 127 Å². The van der Waals surface area contributed by atoms with E-state index in [1.165, 1.54) is 0 Å². The summed E-state index contributed by atoms with van der Waals surface area (Å²) in [5.74, 6) is 0. The summed E-state index contributed by atoms with van der Waals surface area (Å²) in [5, 5.41) is 0. The van der Waals surface area contributed by atoms with Crippen molar-refractivity contribution in [3.63, 3.8) is 0 Å². The Morgan fingerprint density at radius 3 is 2.07 bits per heavy atom. The molecule has 0 fully saturated rings. The van der Waals surface area contributed by atoms with Gasteiger partial charge in [-0.3, -0.25) is 0 Å². The summed E-state index contributed by atoms with van der Waals surface area (Å²) in [6, 6.07) is 0.227. The van der Waals surface area contributed by atoms with Crippen LogP contribution in [0.2, 0.25) is 0 Å². The van der Waals surface area contributed by atoms with Gasteiger partial charge in [0.05, 0.1) is 0 Å². The molecule has 0 saturated heterocycles. The van der Waals surface area contributed by atoms with E-state index in [9.17, 15) is 4.21 Å². The number of hydrogen-bond acceptors (Lipinski definition) is 3. The maximum atomic E-state index is 10.1. The second-order valence-corrected chi connectivity index (χ2v) is 13.9. The van der Waals surface area contributed by atoms with Crippen LogP contribution in [-0.2, 0) is 52.9 Å². The van der Waals surface area contributed by atoms with Crippen molar-refractivity contribution >= 4 is 28.5 Å². The quantitative estimate of drug-likeness (QED) is 0.444. The molecular formula is C7H19Cl2HgN2OPtS. The second-order valence-electron chi connectivity index (χ2n) is 2.75. The number of rotatable bonds is 5. The summed E-state index contributed by atoms with van der Waals surface area (Å²) < 4.78 is 11.0. The van der Waals surface area contributed by atoms with Gasteiger partial charge in [-0.1, -0.05) is 13.3 Å². The predicted molar refractivity (Wildman–Crippen MR) is 62.6 cm³/mol. The first-order valence-electron chi connectivity index (χ1n) is 4.52. The molecule has 0 spiro atoms. The van der Waals surface area contributed by atoms with E-state index in [0.717, 1.165) is 16.1 Å². The Kier molecular flexibility index (Phi) is 32.3. The van der Waals surface area contributed by atoms with Crippen molar-refractivity contribution in [1.82, 2.24) is 0 Å². The first-order valence-corrected chi connectivity index (χ1v) is 19.7. The van der Waals surface area contributed by atoms with Crippen LogP contribution in [0.5, 0.6) is 0 Å². The Bertz CT molecular complexity index is 138. The number of halogens is 2. The van der Waals surface area contributed by atoms with Gasteiger partial charge < -0.3 is 11.5 Å². The summed E-state index contributed by atoms with van der Waals surface area (Å²) in [6.45, 7) is 2.73. The van der Waals surface area contributed by atoms with E-state index in [4.69, 9.17) is 19.7 Å². The Hall–Kier alpha value is 2.27. The average molecular weight is 646 g/mol. The van der Waals surface area contributed by atoms with Gasteiger partial charge in [0, 0.05) is 12.6 Å². The van der Waals surface area contributed by atoms with Gasteiger partial charge in [0.15, 0.2) is 0 Å². The molecule has 0 bridgehead atoms. The fraction of sp³-hybridized carbons (Fsp3) is 1.00. The molecule has 0 aromatic heterocycles. The van der Waals surface area contributed by atoms with Gasteiger partial charge in [0.2, 0.25) is 0 Å². The van der Waals surface area contributed by atoms with Crippen LogP contribution in [0.1, 0.15) is 19.8 Å². The van der Waals surface area contributed by atoms with Crippen molar-refractivity contribution in [2.24, 2.45) is 11.5 Å². The molecule has 95 valence electrons. The van der Waals surface area contributed by atoms with Gasteiger partial charge in [0.25, 0.3) is 0 Å². The predicted octanol–water partition coefficient (Wildman–Crippen LogP) is 1.32. The van der Waals surface area contributed by atoms with Gasteiger partial charge in [0.1, 0.15) is 0 Å². The summed E-state index contributed by atoms with van der Waals surface area (Å²) in [6.07, 6.45) is 3.89. The Morgan fingerprint density at radius 2 is 2.00 bits per heavy atom. The minimum atomic E-state index is -1.04. The van der Waals surface area contributed by atoms with Gasteiger partial charge in [-0.25, -0.2) is 0 Å². The van der Waals surface area contributed by atoms with E-state index in [1.54, 1.807) is 25.0 Å². The molecule has 0 rings (SSSR count). The van der Waals surface area contributed by atoms with Gasteiger partial charge in [-0.05, 0) is 6.42 Å². The van der Waals surface area contributed by atoms with Crippen LogP contribution in [0.3, 0.4) is 0 Å². The van der Waals surface area contributed by atoms with E-state index < -0.39 is 34.1 Å². The summed E-state index contributed by atoms with van der Waals surface area (Å²) in [4.78, 5) is 0. The van der Waals surface area contributed by atoms with Crippen LogP contribution in [0.4, 0.5) is 0 Å². The van der Waals surface area contributed by atoms with Gasteiger partial charge in [-0.2, -0.15) is 0 Å². The van der Waals surface area contributed by atoms with Crippen LogP contribution in [0, 0.1) is 0 Å². The molecule has 8 heteroatoms. The molecule has 0 aromatic carbocycles. The molecule has 0 heterocycles. The molecule has 3 nitrogen and oxygen atoms in total. The zero-order chi connectivity index (χ0) is 12.7. The van der Waals surface area contributed by atoms with Crippen LogP contribution in [0.25, 0.3) is 0 Å². The fourth-order valence-electron chi connectivity index (χ4n) is 0.597. The van der Waals surface area contributed by atoms with Crippen molar-refractivity contribution in [3.05, 3.63) is 0 Å². The molecule has 0 radical (unpaired) electrons. The number of hydrogen-bond donors (Lipinski definition) is 2. The first kappa shape index (κ1) is 22.5. The van der Waals surface area contributed by atoms with Crippen molar-refractivity contribution in [3.8, 4) is 0 Å². The fourth-order valence-corrected chi connectivity index (χ4v) is 9.07. The molecule has 4 N–H and O–H groups in total. The van der Waals surface area contributed by atoms with E-state index >= 15 is 0 Å². The van der Waals surface area contributed by atoms with Crippen molar-refractivity contribution in [2.75, 3.05) is 16.1 Å². The molecule has 15 heavy (non-hydrogen) atoms. The molecule has 2 unspecified atom stereocenters. The molecule has 0 amide bonds. The van der Waals surface area contributed by atoms with Crippen LogP contribution >= 0.6 is 17.7 Å². The molecule has 0 aliphatic heterocycles. The van der Waals surface area contributed by atoms with Crippen molar-refractivity contribution in [2.45, 2.75) is 25.8 Å². The normalized spacial score (nSPS) is 12.3. The molecule has 0 saturated carbocycles. The minimum absolute atomic E-state index is 0.227. The van der Waals surface area contributed by atoms with Crippen LogP contribution < -0.4 is 11.5 Å². The topological polar surface area (TPSA) is 69.1 Å². The summed E-state index contributed by atoms with van der Waals surface area (Å²) >= 11 is 0.571. The molecule has 0 aliphatic rings. The zero-order valence-corrected chi connectivity index (χ0v) is 19.3. The third kappa shape index (κ3) is 31.4. The van der Waals surface area contributed by atoms with E-state index in [2.05, 4.69) is 16.3 Å². The van der Waals surface area contributed by atoms with E-state index in [0.29, 0.717) is 6.54 Å². The standard InChI is InChI=1S/C5H14N2.C2H5OS.2ClH.Hg.Pt/c1-2-3-5(7)4-6;1-4(2)3;;;;/h5H,2-4,6-7H2,1H3;1H2,2H3;2*1H;;/q;;;;2*+1/p-2. The van der Waals surface area contributed by atoms with Crippen LogP contribution in [-0.4, -0.2) is 26.3 Å². The molecule has 0 aromatic rings. The Morgan fingerprint density at radius 1 is 1.53 bits per heavy atom. The summed E-state index contributed by atoms with van der Waals surface area (Å²) in [7, 11) is 9.44.